The van der Waals surface area contributed by atoms with E-state index in [9.17, 15) is 9.59 Å². The lowest BCUT2D eigenvalue weighted by Crippen LogP contribution is -2.15. The zero-order valence-electron chi connectivity index (χ0n) is 13.7. The molecule has 0 aliphatic carbocycles. The molecule has 0 saturated carbocycles. The summed E-state index contributed by atoms with van der Waals surface area (Å²) in [5.41, 5.74) is 6.92. The van der Waals surface area contributed by atoms with E-state index in [1.165, 1.54) is 24.2 Å². The van der Waals surface area contributed by atoms with Crippen molar-refractivity contribution in [2.75, 3.05) is 0 Å². The standard InChI is InChI=1S/C19H15N3O3S/c20-19(24)17-5-7-21-10-14(17)12-25-15-1-3-16(4-2-15)26-18-6-8-22-9-13(18)11-23/h1-11H,12H2,(H2,20,24). The summed E-state index contributed by atoms with van der Waals surface area (Å²) in [7, 11) is 0. The number of aldehydes is 1. The Morgan fingerprint density at radius 2 is 1.81 bits per heavy atom. The first-order valence-corrected chi connectivity index (χ1v) is 8.51. The van der Waals surface area contributed by atoms with Crippen LogP contribution in [0.1, 0.15) is 26.3 Å². The maximum absolute atomic E-state index is 11.4. The Bertz CT molecular complexity index is 929. The smallest absolute Gasteiger partial charge is 0.249 e. The first-order valence-electron chi connectivity index (χ1n) is 7.70. The molecule has 0 aliphatic rings. The largest absolute Gasteiger partial charge is 0.489 e. The van der Waals surface area contributed by atoms with Gasteiger partial charge in [0.1, 0.15) is 12.4 Å². The zero-order valence-corrected chi connectivity index (χ0v) is 14.5. The summed E-state index contributed by atoms with van der Waals surface area (Å²) in [6.07, 6.45) is 7.06. The van der Waals surface area contributed by atoms with Crippen molar-refractivity contribution in [3.05, 3.63) is 77.9 Å². The molecule has 3 aromatic rings. The fourth-order valence-electron chi connectivity index (χ4n) is 2.25. The molecule has 130 valence electrons. The number of hydrogen-bond acceptors (Lipinski definition) is 6. The van der Waals surface area contributed by atoms with Crippen molar-refractivity contribution in [1.29, 1.82) is 0 Å². The van der Waals surface area contributed by atoms with Crippen molar-refractivity contribution >= 4 is 24.0 Å². The van der Waals surface area contributed by atoms with Gasteiger partial charge in [0, 0.05) is 51.3 Å². The van der Waals surface area contributed by atoms with Gasteiger partial charge in [0.25, 0.3) is 0 Å². The van der Waals surface area contributed by atoms with Gasteiger partial charge in [0.05, 0.1) is 0 Å². The van der Waals surface area contributed by atoms with Gasteiger partial charge in [0.2, 0.25) is 5.91 Å². The van der Waals surface area contributed by atoms with Crippen LogP contribution in [0.5, 0.6) is 5.75 Å². The molecule has 0 bridgehead atoms. The van der Waals surface area contributed by atoms with Gasteiger partial charge in [-0.15, -0.1) is 0 Å². The lowest BCUT2D eigenvalue weighted by molar-refractivity contribution is 0.0997. The third kappa shape index (κ3) is 4.25. The van der Waals surface area contributed by atoms with E-state index in [-0.39, 0.29) is 6.61 Å². The Labute approximate surface area is 154 Å². The summed E-state index contributed by atoms with van der Waals surface area (Å²) in [5, 5.41) is 0. The number of nitrogens with zero attached hydrogens (tertiary/aromatic N) is 2. The van der Waals surface area contributed by atoms with E-state index < -0.39 is 5.91 Å². The molecule has 0 atom stereocenters. The Balaban J connectivity index is 1.67. The van der Waals surface area contributed by atoms with Crippen LogP contribution in [0.4, 0.5) is 0 Å². The minimum absolute atomic E-state index is 0.193. The maximum atomic E-state index is 11.4. The Morgan fingerprint density at radius 1 is 1.08 bits per heavy atom. The van der Waals surface area contributed by atoms with Crippen molar-refractivity contribution in [2.24, 2.45) is 5.73 Å². The number of carbonyl (C=O) groups excluding carboxylic acids is 2. The van der Waals surface area contributed by atoms with E-state index in [4.69, 9.17) is 10.5 Å². The van der Waals surface area contributed by atoms with Gasteiger partial charge in [-0.25, -0.2) is 0 Å². The number of pyridine rings is 2. The van der Waals surface area contributed by atoms with Crippen LogP contribution in [-0.2, 0) is 6.61 Å². The molecule has 2 aromatic heterocycles. The van der Waals surface area contributed by atoms with Crippen molar-refractivity contribution in [3.63, 3.8) is 0 Å². The van der Waals surface area contributed by atoms with Crippen LogP contribution in [0, 0.1) is 0 Å². The minimum Gasteiger partial charge on any atom is -0.489 e. The highest BCUT2D eigenvalue weighted by Gasteiger charge is 2.09. The van der Waals surface area contributed by atoms with E-state index in [0.29, 0.717) is 22.4 Å². The molecule has 0 aliphatic heterocycles. The molecule has 0 spiro atoms. The summed E-state index contributed by atoms with van der Waals surface area (Å²) in [6, 6.07) is 10.8. The topological polar surface area (TPSA) is 95.2 Å². The first kappa shape index (κ1) is 17.6. The highest BCUT2D eigenvalue weighted by molar-refractivity contribution is 7.99. The van der Waals surface area contributed by atoms with Crippen molar-refractivity contribution < 1.29 is 14.3 Å². The van der Waals surface area contributed by atoms with E-state index >= 15 is 0 Å². The van der Waals surface area contributed by atoms with Gasteiger partial charge in [-0.05, 0) is 36.4 Å². The molecule has 2 N–H and O–H groups in total. The van der Waals surface area contributed by atoms with Crippen LogP contribution < -0.4 is 10.5 Å². The highest BCUT2D eigenvalue weighted by atomic mass is 32.2. The van der Waals surface area contributed by atoms with Gasteiger partial charge in [-0.1, -0.05) is 11.8 Å². The third-order valence-electron chi connectivity index (χ3n) is 3.55. The Morgan fingerprint density at radius 3 is 2.54 bits per heavy atom. The molecule has 7 heteroatoms. The predicted molar refractivity (Wildman–Crippen MR) is 97.3 cm³/mol. The van der Waals surface area contributed by atoms with Gasteiger partial charge < -0.3 is 10.5 Å². The molecule has 1 aromatic carbocycles. The highest BCUT2D eigenvalue weighted by Crippen LogP contribution is 2.30. The number of amides is 1. The van der Waals surface area contributed by atoms with Crippen molar-refractivity contribution in [2.45, 2.75) is 16.4 Å². The lowest BCUT2D eigenvalue weighted by Gasteiger charge is -2.09. The lowest BCUT2D eigenvalue weighted by atomic mass is 10.1. The van der Waals surface area contributed by atoms with Crippen LogP contribution in [0.15, 0.2) is 71.0 Å². The quantitative estimate of drug-likeness (QED) is 0.646. The summed E-state index contributed by atoms with van der Waals surface area (Å²) < 4.78 is 5.71. The van der Waals surface area contributed by atoms with Crippen LogP contribution in [0.3, 0.4) is 0 Å². The molecule has 0 unspecified atom stereocenters. The minimum atomic E-state index is -0.513. The predicted octanol–water partition coefficient (Wildman–Crippen LogP) is 3.12. The monoisotopic (exact) mass is 365 g/mol. The molecule has 1 amide bonds. The summed E-state index contributed by atoms with van der Waals surface area (Å²) in [5.74, 6) is 0.139. The molecule has 2 heterocycles. The van der Waals surface area contributed by atoms with Crippen LogP contribution in [-0.4, -0.2) is 22.2 Å². The number of primary amides is 1. The Kier molecular flexibility index (Phi) is 5.60. The molecule has 3 rings (SSSR count). The molecular formula is C19H15N3O3S. The number of hydrogen-bond donors (Lipinski definition) is 1. The fraction of sp³-hybridized carbons (Fsp3) is 0.0526. The van der Waals surface area contributed by atoms with Crippen molar-refractivity contribution in [3.8, 4) is 5.75 Å². The number of nitrogens with two attached hydrogens (primary N) is 1. The fourth-order valence-corrected chi connectivity index (χ4v) is 3.12. The average molecular weight is 365 g/mol. The van der Waals surface area contributed by atoms with Gasteiger partial charge in [-0.2, -0.15) is 0 Å². The SMILES string of the molecule is NC(=O)c1ccncc1COc1ccc(Sc2ccncc2C=O)cc1. The summed E-state index contributed by atoms with van der Waals surface area (Å²) in [6.45, 7) is 0.193. The first-order chi connectivity index (χ1) is 12.7. The average Bonchev–Trinajstić information content (AvgIpc) is 2.68. The number of carbonyl (C=O) groups is 2. The summed E-state index contributed by atoms with van der Waals surface area (Å²) in [4.78, 5) is 32.2. The van der Waals surface area contributed by atoms with Crippen LogP contribution in [0.25, 0.3) is 0 Å². The van der Waals surface area contributed by atoms with Gasteiger partial charge in [-0.3, -0.25) is 19.6 Å². The zero-order chi connectivity index (χ0) is 18.4. The second-order valence-electron chi connectivity index (χ2n) is 5.29. The number of ether oxygens (including phenoxy) is 1. The summed E-state index contributed by atoms with van der Waals surface area (Å²) >= 11 is 1.47. The van der Waals surface area contributed by atoms with Crippen LogP contribution >= 0.6 is 11.8 Å². The molecule has 0 saturated heterocycles. The number of benzene rings is 1. The van der Waals surface area contributed by atoms with Crippen molar-refractivity contribution in [1.82, 2.24) is 9.97 Å². The maximum Gasteiger partial charge on any atom is 0.249 e. The molecule has 6 nitrogen and oxygen atoms in total. The van der Waals surface area contributed by atoms with E-state index in [2.05, 4.69) is 9.97 Å². The van der Waals surface area contributed by atoms with Gasteiger partial charge in [0.15, 0.2) is 6.29 Å². The van der Waals surface area contributed by atoms with Crippen LogP contribution in [0.2, 0.25) is 0 Å². The molecule has 0 radical (unpaired) electrons. The second-order valence-corrected chi connectivity index (χ2v) is 6.41. The second kappa shape index (κ2) is 8.26. The molecule has 0 fully saturated rings. The third-order valence-corrected chi connectivity index (χ3v) is 4.65. The van der Waals surface area contributed by atoms with E-state index in [1.807, 2.05) is 24.3 Å². The van der Waals surface area contributed by atoms with E-state index in [0.717, 1.165) is 16.1 Å². The Hall–Kier alpha value is -3.19. The normalized spacial score (nSPS) is 10.3. The molecule has 26 heavy (non-hydrogen) atoms. The molecular weight excluding hydrogens is 350 g/mol. The van der Waals surface area contributed by atoms with Gasteiger partial charge >= 0.3 is 0 Å². The number of rotatable bonds is 7. The number of aromatic nitrogens is 2. The van der Waals surface area contributed by atoms with E-state index in [1.54, 1.807) is 24.5 Å².